The highest BCUT2D eigenvalue weighted by Crippen LogP contribution is 2.28. The summed E-state index contributed by atoms with van der Waals surface area (Å²) in [5.74, 6) is -0.871. The largest absolute Gasteiger partial charge is 0.490 e. The van der Waals surface area contributed by atoms with Gasteiger partial charge >= 0.3 is 11.8 Å². The summed E-state index contributed by atoms with van der Waals surface area (Å²) >= 11 is 5.84. The van der Waals surface area contributed by atoms with E-state index in [-0.39, 0.29) is 19.1 Å². The van der Waals surface area contributed by atoms with Crippen molar-refractivity contribution in [2.24, 2.45) is 5.10 Å². The molecule has 3 rings (SSSR count). The van der Waals surface area contributed by atoms with Crippen molar-refractivity contribution in [1.29, 1.82) is 0 Å². The molecule has 0 aliphatic rings. The number of anilines is 1. The van der Waals surface area contributed by atoms with E-state index >= 15 is 0 Å². The third-order valence-corrected chi connectivity index (χ3v) is 4.60. The van der Waals surface area contributed by atoms with Gasteiger partial charge in [-0.25, -0.2) is 5.43 Å². The highest BCUT2D eigenvalue weighted by atomic mass is 35.5. The van der Waals surface area contributed by atoms with E-state index in [1.54, 1.807) is 61.5 Å². The van der Waals surface area contributed by atoms with Crippen LogP contribution < -0.4 is 25.5 Å². The molecular formula is C24H23ClN4O6. The Hall–Kier alpha value is -4.31. The molecular weight excluding hydrogens is 476 g/mol. The summed E-state index contributed by atoms with van der Waals surface area (Å²) < 4.78 is 16.3. The lowest BCUT2D eigenvalue weighted by atomic mass is 10.2. The molecule has 3 amide bonds. The number of nitrogens with one attached hydrogen (secondary N) is 3. The lowest BCUT2D eigenvalue weighted by molar-refractivity contribution is -0.139. The Morgan fingerprint density at radius 2 is 1.83 bits per heavy atom. The van der Waals surface area contributed by atoms with Gasteiger partial charge < -0.3 is 24.5 Å². The van der Waals surface area contributed by atoms with E-state index in [9.17, 15) is 14.4 Å². The van der Waals surface area contributed by atoms with Gasteiger partial charge in [0, 0.05) is 10.7 Å². The first-order valence-electron chi connectivity index (χ1n) is 10.5. The van der Waals surface area contributed by atoms with Gasteiger partial charge in [-0.15, -0.1) is 0 Å². The molecule has 3 N–H and O–H groups in total. The topological polar surface area (TPSA) is 131 Å². The highest BCUT2D eigenvalue weighted by Gasteiger charge is 2.13. The molecule has 0 aliphatic carbocycles. The van der Waals surface area contributed by atoms with Gasteiger partial charge in [-0.2, -0.15) is 5.10 Å². The fourth-order valence-electron chi connectivity index (χ4n) is 2.74. The fraction of sp³-hybridized carbons (Fsp3) is 0.167. The van der Waals surface area contributed by atoms with Crippen molar-refractivity contribution in [1.82, 2.24) is 10.7 Å². The minimum atomic E-state index is -0.926. The van der Waals surface area contributed by atoms with Gasteiger partial charge in [-0.3, -0.25) is 14.4 Å². The molecule has 0 fully saturated rings. The van der Waals surface area contributed by atoms with E-state index in [4.69, 9.17) is 25.5 Å². The maximum atomic E-state index is 12.2. The Morgan fingerprint density at radius 1 is 1.03 bits per heavy atom. The van der Waals surface area contributed by atoms with Crippen LogP contribution in [0.3, 0.4) is 0 Å². The second-order valence-corrected chi connectivity index (χ2v) is 7.38. The van der Waals surface area contributed by atoms with Crippen LogP contribution in [0.5, 0.6) is 11.5 Å². The van der Waals surface area contributed by atoms with Crippen LogP contribution in [-0.4, -0.2) is 37.1 Å². The predicted molar refractivity (Wildman–Crippen MR) is 129 cm³/mol. The van der Waals surface area contributed by atoms with Gasteiger partial charge in [-0.1, -0.05) is 11.6 Å². The van der Waals surface area contributed by atoms with Crippen molar-refractivity contribution in [3.63, 3.8) is 0 Å². The van der Waals surface area contributed by atoms with Crippen molar-refractivity contribution in [2.45, 2.75) is 13.5 Å². The fourth-order valence-corrected chi connectivity index (χ4v) is 2.87. The standard InChI is InChI=1S/C24H23ClN4O6/c1-2-33-21-12-16(13-27-29-24(32)23(31)26-14-19-4-3-11-34-19)5-10-20(21)35-15-22(30)28-18-8-6-17(25)7-9-18/h3-13H,2,14-15H2,1H3,(H,26,31)(H,28,30)(H,29,32)/b27-13-. The average Bonchev–Trinajstić information content (AvgIpc) is 3.37. The van der Waals surface area contributed by atoms with E-state index in [0.717, 1.165) is 0 Å². The number of carbonyl (C=O) groups is 3. The maximum Gasteiger partial charge on any atom is 0.329 e. The summed E-state index contributed by atoms with van der Waals surface area (Å²) in [6, 6.07) is 14.9. The summed E-state index contributed by atoms with van der Waals surface area (Å²) in [6.45, 7) is 2.01. The number of hydrogen-bond donors (Lipinski definition) is 3. The maximum absolute atomic E-state index is 12.2. The molecule has 2 aromatic carbocycles. The first-order valence-corrected chi connectivity index (χ1v) is 10.9. The quantitative estimate of drug-likeness (QED) is 0.223. The number of halogens is 1. The molecule has 0 saturated carbocycles. The number of hydrazone groups is 1. The first-order chi connectivity index (χ1) is 16.9. The van der Waals surface area contributed by atoms with Crippen LogP contribution in [0.25, 0.3) is 0 Å². The molecule has 0 saturated heterocycles. The van der Waals surface area contributed by atoms with E-state index < -0.39 is 11.8 Å². The van der Waals surface area contributed by atoms with Crippen molar-refractivity contribution in [3.05, 3.63) is 77.2 Å². The monoisotopic (exact) mass is 498 g/mol. The lowest BCUT2D eigenvalue weighted by Gasteiger charge is -2.12. The molecule has 0 unspecified atom stereocenters. The molecule has 11 heteroatoms. The zero-order chi connectivity index (χ0) is 25.0. The van der Waals surface area contributed by atoms with Crippen molar-refractivity contribution in [2.75, 3.05) is 18.5 Å². The van der Waals surface area contributed by atoms with Crippen molar-refractivity contribution >= 4 is 41.2 Å². The van der Waals surface area contributed by atoms with E-state index in [0.29, 0.717) is 40.1 Å². The number of rotatable bonds is 10. The normalized spacial score (nSPS) is 10.6. The van der Waals surface area contributed by atoms with Crippen LogP contribution in [-0.2, 0) is 20.9 Å². The Bertz CT molecular complexity index is 1180. The number of amides is 3. The van der Waals surface area contributed by atoms with Gasteiger partial charge in [0.1, 0.15) is 5.76 Å². The van der Waals surface area contributed by atoms with Gasteiger partial charge in [0.2, 0.25) is 0 Å². The van der Waals surface area contributed by atoms with Crippen LogP contribution in [0.2, 0.25) is 5.02 Å². The zero-order valence-electron chi connectivity index (χ0n) is 18.7. The molecule has 1 aromatic heterocycles. The van der Waals surface area contributed by atoms with Crippen molar-refractivity contribution < 1.29 is 28.3 Å². The van der Waals surface area contributed by atoms with E-state index in [1.165, 1.54) is 12.5 Å². The number of benzene rings is 2. The van der Waals surface area contributed by atoms with E-state index in [1.807, 2.05) is 0 Å². The van der Waals surface area contributed by atoms with Crippen LogP contribution in [0.1, 0.15) is 18.2 Å². The van der Waals surface area contributed by atoms with Crippen molar-refractivity contribution in [3.8, 4) is 11.5 Å². The number of nitrogens with zero attached hydrogens (tertiary/aromatic N) is 1. The molecule has 1 heterocycles. The van der Waals surface area contributed by atoms with Gasteiger partial charge in [0.15, 0.2) is 18.1 Å². The molecule has 0 bridgehead atoms. The highest BCUT2D eigenvalue weighted by molar-refractivity contribution is 6.35. The van der Waals surface area contributed by atoms with Crippen LogP contribution in [0, 0.1) is 0 Å². The number of furan rings is 1. The molecule has 35 heavy (non-hydrogen) atoms. The molecule has 10 nitrogen and oxygen atoms in total. The third kappa shape index (κ3) is 8.20. The second-order valence-electron chi connectivity index (χ2n) is 6.94. The Kier molecular flexibility index (Phi) is 9.26. The smallest absolute Gasteiger partial charge is 0.329 e. The Labute approximate surface area is 206 Å². The second kappa shape index (κ2) is 12.8. The Morgan fingerprint density at radius 3 is 2.54 bits per heavy atom. The summed E-state index contributed by atoms with van der Waals surface area (Å²) in [7, 11) is 0. The molecule has 0 atom stereocenters. The van der Waals surface area contributed by atoms with Gasteiger partial charge in [-0.05, 0) is 67.1 Å². The molecule has 0 spiro atoms. The van der Waals surface area contributed by atoms with E-state index in [2.05, 4.69) is 21.2 Å². The summed E-state index contributed by atoms with van der Waals surface area (Å²) in [5.41, 5.74) is 3.31. The first kappa shape index (κ1) is 25.3. The summed E-state index contributed by atoms with van der Waals surface area (Å²) in [5, 5.41) is 9.47. The Balaban J connectivity index is 1.52. The molecule has 0 aliphatic heterocycles. The summed E-state index contributed by atoms with van der Waals surface area (Å²) in [6.07, 6.45) is 2.81. The minimum Gasteiger partial charge on any atom is -0.490 e. The number of carbonyl (C=O) groups excluding carboxylic acids is 3. The zero-order valence-corrected chi connectivity index (χ0v) is 19.5. The number of ether oxygens (including phenoxy) is 2. The SMILES string of the molecule is CCOc1cc(/C=N\NC(=O)C(=O)NCc2ccco2)ccc1OCC(=O)Nc1ccc(Cl)cc1. The predicted octanol–water partition coefficient (Wildman–Crippen LogP) is 3.12. The van der Waals surface area contributed by atoms with Gasteiger partial charge in [0.05, 0.1) is 25.6 Å². The van der Waals surface area contributed by atoms with Crippen LogP contribution >= 0.6 is 11.6 Å². The van der Waals surface area contributed by atoms with Crippen LogP contribution in [0.15, 0.2) is 70.4 Å². The van der Waals surface area contributed by atoms with Gasteiger partial charge in [0.25, 0.3) is 5.91 Å². The summed E-state index contributed by atoms with van der Waals surface area (Å²) in [4.78, 5) is 35.8. The number of hydrogen-bond acceptors (Lipinski definition) is 7. The van der Waals surface area contributed by atoms with Crippen LogP contribution in [0.4, 0.5) is 5.69 Å². The molecule has 182 valence electrons. The molecule has 0 radical (unpaired) electrons. The third-order valence-electron chi connectivity index (χ3n) is 4.34. The minimum absolute atomic E-state index is 0.0832. The lowest BCUT2D eigenvalue weighted by Crippen LogP contribution is -2.37. The average molecular weight is 499 g/mol. The molecule has 3 aromatic rings.